The van der Waals surface area contributed by atoms with Crippen molar-refractivity contribution in [2.75, 3.05) is 39.8 Å². The molecular formula is C13H20IN2O3S+. The maximum Gasteiger partial charge on any atom is 0.243 e. The van der Waals surface area contributed by atoms with Crippen LogP contribution in [0.5, 0.6) is 5.75 Å². The Bertz CT molecular complexity index is 569. The summed E-state index contributed by atoms with van der Waals surface area (Å²) in [5.74, 6) is 0.699. The van der Waals surface area contributed by atoms with Crippen molar-refractivity contribution in [2.45, 2.75) is 11.8 Å². The van der Waals surface area contributed by atoms with Gasteiger partial charge in [0.15, 0.2) is 0 Å². The first kappa shape index (κ1) is 16.0. The second kappa shape index (κ2) is 6.59. The number of nitrogens with zero attached hydrogens (tertiary/aromatic N) is 1. The predicted molar refractivity (Wildman–Crippen MR) is 85.7 cm³/mol. The number of hydrogen-bond donors (Lipinski definition) is 1. The highest BCUT2D eigenvalue weighted by molar-refractivity contribution is 14.1. The second-order valence-corrected chi connectivity index (χ2v) is 7.90. The zero-order chi connectivity index (χ0) is 14.8. The molecule has 0 saturated carbocycles. The number of sulfonamides is 1. The Morgan fingerprint density at radius 3 is 2.50 bits per heavy atom. The molecule has 0 aromatic heterocycles. The number of halogens is 1. The topological polar surface area (TPSA) is 51.0 Å². The minimum atomic E-state index is -3.38. The lowest BCUT2D eigenvalue weighted by Gasteiger charge is -2.30. The largest absolute Gasteiger partial charge is 0.496 e. The number of hydrogen-bond acceptors (Lipinski definition) is 3. The van der Waals surface area contributed by atoms with Crippen molar-refractivity contribution in [3.63, 3.8) is 0 Å². The first-order chi connectivity index (χ1) is 9.48. The molecule has 1 aliphatic heterocycles. The van der Waals surface area contributed by atoms with Crippen molar-refractivity contribution >= 4 is 32.6 Å². The molecule has 1 heterocycles. The van der Waals surface area contributed by atoms with Crippen LogP contribution in [0.2, 0.25) is 0 Å². The highest BCUT2D eigenvalue weighted by atomic mass is 127. The molecule has 1 aliphatic rings. The SMILES string of the molecule is CC[NH+]1CCN(S(=O)(=O)c2ccc(OC)c(I)c2)CC1. The van der Waals surface area contributed by atoms with E-state index in [2.05, 4.69) is 29.5 Å². The lowest BCUT2D eigenvalue weighted by molar-refractivity contribution is -0.901. The van der Waals surface area contributed by atoms with Crippen LogP contribution in [0, 0.1) is 3.57 Å². The van der Waals surface area contributed by atoms with Gasteiger partial charge in [0.1, 0.15) is 5.75 Å². The van der Waals surface area contributed by atoms with Gasteiger partial charge in [-0.3, -0.25) is 0 Å². The van der Waals surface area contributed by atoms with Crippen LogP contribution in [0.1, 0.15) is 6.92 Å². The van der Waals surface area contributed by atoms with Crippen LogP contribution in [0.4, 0.5) is 0 Å². The fourth-order valence-corrected chi connectivity index (χ4v) is 4.77. The van der Waals surface area contributed by atoms with E-state index >= 15 is 0 Å². The van der Waals surface area contributed by atoms with Gasteiger partial charge in [0.05, 0.1) is 48.3 Å². The molecule has 1 N–H and O–H groups in total. The molecule has 2 rings (SSSR count). The molecule has 0 atom stereocenters. The van der Waals surface area contributed by atoms with E-state index < -0.39 is 10.0 Å². The molecule has 1 fully saturated rings. The van der Waals surface area contributed by atoms with E-state index in [0.717, 1.165) is 23.2 Å². The van der Waals surface area contributed by atoms with Crippen LogP contribution in [0.25, 0.3) is 0 Å². The third-order valence-electron chi connectivity index (χ3n) is 3.69. The lowest BCUT2D eigenvalue weighted by Crippen LogP contribution is -3.14. The van der Waals surface area contributed by atoms with Crippen molar-refractivity contribution in [1.82, 2.24) is 4.31 Å². The number of rotatable bonds is 4. The smallest absolute Gasteiger partial charge is 0.243 e. The van der Waals surface area contributed by atoms with Crippen LogP contribution in [-0.2, 0) is 10.0 Å². The summed E-state index contributed by atoms with van der Waals surface area (Å²) in [7, 11) is -1.80. The molecule has 0 spiro atoms. The monoisotopic (exact) mass is 411 g/mol. The molecule has 5 nitrogen and oxygen atoms in total. The van der Waals surface area contributed by atoms with Gasteiger partial charge in [0.2, 0.25) is 10.0 Å². The van der Waals surface area contributed by atoms with E-state index in [1.165, 1.54) is 4.90 Å². The van der Waals surface area contributed by atoms with E-state index in [1.54, 1.807) is 29.6 Å². The molecule has 0 radical (unpaired) electrons. The van der Waals surface area contributed by atoms with E-state index in [9.17, 15) is 8.42 Å². The number of nitrogens with one attached hydrogen (secondary N) is 1. The highest BCUT2D eigenvalue weighted by Crippen LogP contribution is 2.25. The summed E-state index contributed by atoms with van der Waals surface area (Å²) in [5, 5.41) is 0. The summed E-state index contributed by atoms with van der Waals surface area (Å²) >= 11 is 2.09. The third-order valence-corrected chi connectivity index (χ3v) is 6.43. The minimum absolute atomic E-state index is 0.350. The van der Waals surface area contributed by atoms with E-state index in [4.69, 9.17) is 4.74 Å². The van der Waals surface area contributed by atoms with E-state index in [0.29, 0.717) is 23.7 Å². The first-order valence-corrected chi connectivity index (χ1v) is 9.18. The number of piperazine rings is 1. The van der Waals surface area contributed by atoms with E-state index in [-0.39, 0.29) is 0 Å². The van der Waals surface area contributed by atoms with Crippen molar-refractivity contribution in [1.29, 1.82) is 0 Å². The quantitative estimate of drug-likeness (QED) is 0.721. The van der Waals surface area contributed by atoms with Crippen LogP contribution in [-0.4, -0.2) is 52.6 Å². The molecule has 112 valence electrons. The van der Waals surface area contributed by atoms with Crippen molar-refractivity contribution in [2.24, 2.45) is 0 Å². The maximum absolute atomic E-state index is 12.6. The maximum atomic E-state index is 12.6. The molecular weight excluding hydrogens is 391 g/mol. The normalized spacial score (nSPS) is 18.1. The lowest BCUT2D eigenvalue weighted by atomic mass is 10.3. The number of likely N-dealkylation sites (N-methyl/N-ethyl adjacent to an activating group) is 1. The van der Waals surface area contributed by atoms with Gasteiger partial charge < -0.3 is 9.64 Å². The Morgan fingerprint density at radius 2 is 2.00 bits per heavy atom. The molecule has 1 aromatic carbocycles. The third kappa shape index (κ3) is 3.26. The fourth-order valence-electron chi connectivity index (χ4n) is 2.35. The average Bonchev–Trinajstić information content (AvgIpc) is 2.47. The summed E-state index contributed by atoms with van der Waals surface area (Å²) < 4.78 is 32.8. The summed E-state index contributed by atoms with van der Waals surface area (Å²) in [6.07, 6.45) is 0. The van der Waals surface area contributed by atoms with Crippen LogP contribution < -0.4 is 9.64 Å². The molecule has 7 heteroatoms. The molecule has 1 aromatic rings. The number of benzene rings is 1. The molecule has 1 saturated heterocycles. The Balaban J connectivity index is 2.20. The summed E-state index contributed by atoms with van der Waals surface area (Å²) in [6, 6.07) is 5.01. The fraction of sp³-hybridized carbons (Fsp3) is 0.538. The number of quaternary nitrogens is 1. The van der Waals surface area contributed by atoms with Crippen LogP contribution in [0.15, 0.2) is 23.1 Å². The van der Waals surface area contributed by atoms with Gasteiger partial charge in [-0.15, -0.1) is 0 Å². The second-order valence-electron chi connectivity index (χ2n) is 4.80. The van der Waals surface area contributed by atoms with Crippen LogP contribution >= 0.6 is 22.6 Å². The standard InChI is InChI=1S/C13H19IN2O3S/c1-3-15-6-8-16(9-7-15)20(17,18)11-4-5-13(19-2)12(14)10-11/h4-5,10H,3,6-9H2,1-2H3/p+1. The van der Waals surface area contributed by atoms with Crippen molar-refractivity contribution < 1.29 is 18.1 Å². The summed E-state index contributed by atoms with van der Waals surface area (Å²) in [6.45, 7) is 6.12. The highest BCUT2D eigenvalue weighted by Gasteiger charge is 2.30. The molecule has 20 heavy (non-hydrogen) atoms. The molecule has 0 aliphatic carbocycles. The Morgan fingerprint density at radius 1 is 1.35 bits per heavy atom. The zero-order valence-corrected chi connectivity index (χ0v) is 14.7. The Kier molecular flexibility index (Phi) is 5.27. The van der Waals surface area contributed by atoms with Crippen molar-refractivity contribution in [3.05, 3.63) is 21.8 Å². The predicted octanol–water partition coefficient (Wildman–Crippen LogP) is 0.209. The number of ether oxygens (including phenoxy) is 1. The zero-order valence-electron chi connectivity index (χ0n) is 11.7. The summed E-state index contributed by atoms with van der Waals surface area (Å²) in [5.41, 5.74) is 0. The van der Waals surface area contributed by atoms with Gasteiger partial charge in [-0.2, -0.15) is 4.31 Å². The Hall–Kier alpha value is -0.380. The molecule has 0 amide bonds. The first-order valence-electron chi connectivity index (χ1n) is 6.66. The summed E-state index contributed by atoms with van der Waals surface area (Å²) in [4.78, 5) is 1.81. The minimum Gasteiger partial charge on any atom is -0.496 e. The van der Waals surface area contributed by atoms with Gasteiger partial charge in [-0.25, -0.2) is 8.42 Å². The van der Waals surface area contributed by atoms with E-state index in [1.807, 2.05) is 0 Å². The Labute approximate surface area is 134 Å². The number of methoxy groups -OCH3 is 1. The van der Waals surface area contributed by atoms with Gasteiger partial charge in [-0.1, -0.05) is 0 Å². The van der Waals surface area contributed by atoms with Crippen molar-refractivity contribution in [3.8, 4) is 5.75 Å². The average molecular weight is 411 g/mol. The van der Waals surface area contributed by atoms with Gasteiger partial charge in [-0.05, 0) is 47.7 Å². The van der Waals surface area contributed by atoms with Gasteiger partial charge in [0.25, 0.3) is 0 Å². The van der Waals surface area contributed by atoms with Crippen LogP contribution in [0.3, 0.4) is 0 Å². The molecule has 0 unspecified atom stereocenters. The van der Waals surface area contributed by atoms with Gasteiger partial charge in [0, 0.05) is 0 Å². The molecule has 0 bridgehead atoms. The van der Waals surface area contributed by atoms with Gasteiger partial charge >= 0.3 is 0 Å².